The summed E-state index contributed by atoms with van der Waals surface area (Å²) >= 11 is 1.85. The second-order valence-corrected chi connectivity index (χ2v) is 6.26. The molecule has 0 fully saturated rings. The van der Waals surface area contributed by atoms with Crippen molar-refractivity contribution in [1.29, 1.82) is 0 Å². The van der Waals surface area contributed by atoms with Crippen LogP contribution in [0.4, 0.5) is 5.00 Å². The van der Waals surface area contributed by atoms with Crippen LogP contribution in [0.2, 0.25) is 0 Å². The molecule has 0 atom stereocenters. The van der Waals surface area contributed by atoms with Crippen molar-refractivity contribution >= 4 is 22.0 Å². The fraction of sp³-hybridized carbons (Fsp3) is 0.353. The summed E-state index contributed by atoms with van der Waals surface area (Å²) in [7, 11) is 0. The fourth-order valence-electron chi connectivity index (χ4n) is 2.55. The maximum atomic E-state index is 4.87. The van der Waals surface area contributed by atoms with E-state index in [9.17, 15) is 0 Å². The Morgan fingerprint density at radius 3 is 2.85 bits per heavy atom. The van der Waals surface area contributed by atoms with Crippen molar-refractivity contribution in [3.63, 3.8) is 0 Å². The molecule has 3 rings (SSSR count). The van der Waals surface area contributed by atoms with Crippen LogP contribution in [0.25, 0.3) is 11.1 Å². The van der Waals surface area contributed by atoms with Gasteiger partial charge in [0.2, 0.25) is 0 Å². The van der Waals surface area contributed by atoms with Gasteiger partial charge in [-0.25, -0.2) is 4.99 Å². The van der Waals surface area contributed by atoms with Gasteiger partial charge in [-0.2, -0.15) is 0 Å². The summed E-state index contributed by atoms with van der Waals surface area (Å²) in [6, 6.07) is 10.7. The van der Waals surface area contributed by atoms with Gasteiger partial charge in [0, 0.05) is 22.7 Å². The molecule has 0 spiro atoms. The predicted octanol–water partition coefficient (Wildman–Crippen LogP) is 4.56. The first kappa shape index (κ1) is 13.5. The van der Waals surface area contributed by atoms with E-state index < -0.39 is 0 Å². The van der Waals surface area contributed by atoms with Crippen LogP contribution in [0.5, 0.6) is 0 Å². The van der Waals surface area contributed by atoms with E-state index >= 15 is 0 Å². The van der Waals surface area contributed by atoms with Crippen molar-refractivity contribution < 1.29 is 0 Å². The summed E-state index contributed by atoms with van der Waals surface area (Å²) in [6.45, 7) is 6.34. The molecule has 1 aliphatic heterocycles. The van der Waals surface area contributed by atoms with Gasteiger partial charge in [0.05, 0.1) is 0 Å². The van der Waals surface area contributed by atoms with Crippen molar-refractivity contribution in [2.45, 2.75) is 33.2 Å². The second kappa shape index (κ2) is 5.90. The highest BCUT2D eigenvalue weighted by atomic mass is 32.1. The van der Waals surface area contributed by atoms with Gasteiger partial charge in [0.1, 0.15) is 5.00 Å². The van der Waals surface area contributed by atoms with Crippen LogP contribution in [0.15, 0.2) is 35.3 Å². The Morgan fingerprint density at radius 2 is 2.10 bits per heavy atom. The van der Waals surface area contributed by atoms with E-state index in [1.807, 2.05) is 11.3 Å². The Morgan fingerprint density at radius 1 is 1.30 bits per heavy atom. The third kappa shape index (κ3) is 2.56. The summed E-state index contributed by atoms with van der Waals surface area (Å²) in [5.74, 6) is 0. The standard InChI is InChI=1S/C17H20N2S/c1-3-12(2)19-17-16(13-7-5-4-6-8-13)14-9-10-18-11-15(14)20-17/h4-8,18H,3,9-11H2,1-2H3. The van der Waals surface area contributed by atoms with Crippen LogP contribution in [0, 0.1) is 0 Å². The highest BCUT2D eigenvalue weighted by molar-refractivity contribution is 7.16. The molecule has 0 unspecified atom stereocenters. The van der Waals surface area contributed by atoms with Crippen LogP contribution in [0.1, 0.15) is 30.7 Å². The number of hydrogen-bond donors (Lipinski definition) is 1. The van der Waals surface area contributed by atoms with E-state index in [1.54, 1.807) is 0 Å². The van der Waals surface area contributed by atoms with Gasteiger partial charge in [0.25, 0.3) is 0 Å². The predicted molar refractivity (Wildman–Crippen MR) is 88.2 cm³/mol. The first-order valence-corrected chi connectivity index (χ1v) is 8.06. The minimum Gasteiger partial charge on any atom is -0.312 e. The Kier molecular flexibility index (Phi) is 3.99. The quantitative estimate of drug-likeness (QED) is 0.821. The molecule has 2 heterocycles. The number of rotatable bonds is 3. The molecule has 1 aromatic carbocycles. The molecule has 0 saturated heterocycles. The van der Waals surface area contributed by atoms with Crippen molar-refractivity contribution in [2.24, 2.45) is 4.99 Å². The van der Waals surface area contributed by atoms with Gasteiger partial charge in [0.15, 0.2) is 0 Å². The first-order valence-electron chi connectivity index (χ1n) is 7.24. The molecule has 1 N–H and O–H groups in total. The zero-order chi connectivity index (χ0) is 13.9. The summed E-state index contributed by atoms with van der Waals surface area (Å²) in [4.78, 5) is 6.32. The third-order valence-electron chi connectivity index (χ3n) is 3.78. The topological polar surface area (TPSA) is 24.4 Å². The fourth-order valence-corrected chi connectivity index (χ4v) is 3.83. The van der Waals surface area contributed by atoms with Crippen LogP contribution in [-0.4, -0.2) is 12.3 Å². The molecule has 2 aromatic rings. The molecule has 1 aliphatic rings. The zero-order valence-corrected chi connectivity index (χ0v) is 12.9. The molecular weight excluding hydrogens is 264 g/mol. The molecule has 0 amide bonds. The number of thiophene rings is 1. The smallest absolute Gasteiger partial charge is 0.124 e. The molecule has 104 valence electrons. The first-order chi connectivity index (χ1) is 9.79. The van der Waals surface area contributed by atoms with Gasteiger partial charge >= 0.3 is 0 Å². The van der Waals surface area contributed by atoms with Crippen molar-refractivity contribution in [3.05, 3.63) is 40.8 Å². The lowest BCUT2D eigenvalue weighted by Gasteiger charge is -2.14. The molecule has 0 saturated carbocycles. The van der Waals surface area contributed by atoms with Crippen LogP contribution in [0.3, 0.4) is 0 Å². The molecule has 0 aliphatic carbocycles. The van der Waals surface area contributed by atoms with E-state index in [4.69, 9.17) is 4.99 Å². The summed E-state index contributed by atoms with van der Waals surface area (Å²) in [6.07, 6.45) is 2.12. The van der Waals surface area contributed by atoms with Crippen LogP contribution in [-0.2, 0) is 13.0 Å². The SMILES string of the molecule is CCC(C)=Nc1sc2c(c1-c1ccccc1)CCNC2. The Balaban J connectivity index is 2.17. The summed E-state index contributed by atoms with van der Waals surface area (Å²) in [5, 5.41) is 4.65. The average Bonchev–Trinajstić information content (AvgIpc) is 2.85. The minimum atomic E-state index is 0.987. The average molecular weight is 284 g/mol. The highest BCUT2D eigenvalue weighted by Crippen LogP contribution is 2.44. The number of benzene rings is 1. The molecule has 20 heavy (non-hydrogen) atoms. The summed E-state index contributed by atoms with van der Waals surface area (Å²) in [5.41, 5.74) is 5.37. The third-order valence-corrected chi connectivity index (χ3v) is 4.90. The van der Waals surface area contributed by atoms with Crippen molar-refractivity contribution in [1.82, 2.24) is 5.32 Å². The van der Waals surface area contributed by atoms with E-state index in [-0.39, 0.29) is 0 Å². The van der Waals surface area contributed by atoms with Crippen LogP contribution < -0.4 is 5.32 Å². The monoisotopic (exact) mass is 284 g/mol. The zero-order valence-electron chi connectivity index (χ0n) is 12.1. The molecule has 0 bridgehead atoms. The lowest BCUT2D eigenvalue weighted by atomic mass is 9.98. The minimum absolute atomic E-state index is 0.987. The number of aliphatic imine (C=N–C) groups is 1. The number of nitrogens with zero attached hydrogens (tertiary/aromatic N) is 1. The lowest BCUT2D eigenvalue weighted by molar-refractivity contribution is 0.655. The largest absolute Gasteiger partial charge is 0.312 e. The van der Waals surface area contributed by atoms with E-state index in [0.717, 1.165) is 25.9 Å². The van der Waals surface area contributed by atoms with Crippen molar-refractivity contribution in [2.75, 3.05) is 6.54 Å². The second-order valence-electron chi connectivity index (χ2n) is 5.18. The molecule has 0 radical (unpaired) electrons. The van der Waals surface area contributed by atoms with Crippen LogP contribution >= 0.6 is 11.3 Å². The molecular formula is C17H20N2S. The van der Waals surface area contributed by atoms with E-state index in [0.29, 0.717) is 0 Å². The van der Waals surface area contributed by atoms with Crippen molar-refractivity contribution in [3.8, 4) is 11.1 Å². The van der Waals surface area contributed by atoms with Gasteiger partial charge in [-0.1, -0.05) is 37.3 Å². The Bertz CT molecular complexity index is 626. The lowest BCUT2D eigenvalue weighted by Crippen LogP contribution is -2.22. The molecule has 3 heteroatoms. The summed E-state index contributed by atoms with van der Waals surface area (Å²) < 4.78 is 0. The number of nitrogens with one attached hydrogen (secondary N) is 1. The Hall–Kier alpha value is -1.45. The molecule has 1 aromatic heterocycles. The maximum Gasteiger partial charge on any atom is 0.124 e. The van der Waals surface area contributed by atoms with E-state index in [2.05, 4.69) is 49.5 Å². The van der Waals surface area contributed by atoms with Gasteiger partial charge in [-0.15, -0.1) is 11.3 Å². The Labute approximate surface area is 124 Å². The molecule has 2 nitrogen and oxygen atoms in total. The normalized spacial score (nSPS) is 15.2. The maximum absolute atomic E-state index is 4.87. The number of fused-ring (bicyclic) bond motifs is 1. The highest BCUT2D eigenvalue weighted by Gasteiger charge is 2.21. The van der Waals surface area contributed by atoms with E-state index in [1.165, 1.54) is 32.3 Å². The number of hydrogen-bond acceptors (Lipinski definition) is 3. The van der Waals surface area contributed by atoms with Gasteiger partial charge < -0.3 is 5.32 Å². The van der Waals surface area contributed by atoms with Gasteiger partial charge in [-0.3, -0.25) is 0 Å². The van der Waals surface area contributed by atoms with Gasteiger partial charge in [-0.05, 0) is 37.4 Å².